The summed E-state index contributed by atoms with van der Waals surface area (Å²) < 4.78 is 5.37. The molecule has 116 valence electrons. The number of rotatable bonds is 7. The van der Waals surface area contributed by atoms with Crippen molar-refractivity contribution in [2.24, 2.45) is 5.92 Å². The van der Waals surface area contributed by atoms with Crippen molar-refractivity contribution in [2.75, 3.05) is 32.8 Å². The number of hydrogen-bond acceptors (Lipinski definition) is 4. The highest BCUT2D eigenvalue weighted by Gasteiger charge is 2.49. The van der Waals surface area contributed by atoms with Gasteiger partial charge >= 0.3 is 5.97 Å². The maximum absolute atomic E-state index is 12.5. The number of carbonyl (C=O) groups is 1. The monoisotopic (exact) mass is 282 g/mol. The van der Waals surface area contributed by atoms with Gasteiger partial charge in [-0.3, -0.25) is 4.79 Å². The normalized spacial score (nSPS) is 30.8. The number of likely N-dealkylation sites (tertiary alicyclic amines) is 1. The number of carbonyl (C=O) groups excluding carboxylic acids is 1. The van der Waals surface area contributed by atoms with Gasteiger partial charge in [-0.2, -0.15) is 0 Å². The molecule has 0 bridgehead atoms. The molecule has 2 atom stereocenters. The Morgan fingerprint density at radius 2 is 2.05 bits per heavy atom. The summed E-state index contributed by atoms with van der Waals surface area (Å²) in [5.74, 6) is 0.410. The summed E-state index contributed by atoms with van der Waals surface area (Å²) in [5, 5.41) is 3.47. The molecular formula is C16H30N2O2. The van der Waals surface area contributed by atoms with E-state index in [1.54, 1.807) is 0 Å². The summed E-state index contributed by atoms with van der Waals surface area (Å²) in [7, 11) is 0. The zero-order valence-corrected chi connectivity index (χ0v) is 13.1. The topological polar surface area (TPSA) is 41.6 Å². The summed E-state index contributed by atoms with van der Waals surface area (Å²) in [5.41, 5.74) is -0.412. The Labute approximate surface area is 123 Å². The van der Waals surface area contributed by atoms with E-state index in [9.17, 15) is 4.79 Å². The van der Waals surface area contributed by atoms with Crippen LogP contribution in [0.15, 0.2) is 0 Å². The molecule has 2 rings (SSSR count). The van der Waals surface area contributed by atoms with E-state index in [-0.39, 0.29) is 5.97 Å². The largest absolute Gasteiger partial charge is 0.465 e. The molecule has 0 aromatic rings. The second-order valence-electron chi connectivity index (χ2n) is 6.15. The fourth-order valence-electron chi connectivity index (χ4n) is 3.96. The Morgan fingerprint density at radius 1 is 1.30 bits per heavy atom. The average Bonchev–Trinajstić information content (AvgIpc) is 3.07. The van der Waals surface area contributed by atoms with E-state index in [4.69, 9.17) is 4.74 Å². The number of likely N-dealkylation sites (N-methyl/N-ethyl adjacent to an activating group) is 1. The van der Waals surface area contributed by atoms with Crippen LogP contribution in [-0.2, 0) is 9.53 Å². The predicted molar refractivity (Wildman–Crippen MR) is 80.7 cm³/mol. The second-order valence-corrected chi connectivity index (χ2v) is 6.15. The highest BCUT2D eigenvalue weighted by Crippen LogP contribution is 2.39. The Balaban J connectivity index is 1.98. The minimum absolute atomic E-state index is 0.0224. The van der Waals surface area contributed by atoms with Crippen molar-refractivity contribution in [3.05, 3.63) is 0 Å². The summed E-state index contributed by atoms with van der Waals surface area (Å²) in [6, 6.07) is 0. The third kappa shape index (κ3) is 3.34. The molecule has 4 nitrogen and oxygen atoms in total. The van der Waals surface area contributed by atoms with Crippen molar-refractivity contribution in [3.63, 3.8) is 0 Å². The number of esters is 1. The molecule has 1 saturated carbocycles. The van der Waals surface area contributed by atoms with Crippen LogP contribution < -0.4 is 5.32 Å². The van der Waals surface area contributed by atoms with E-state index < -0.39 is 5.54 Å². The van der Waals surface area contributed by atoms with Gasteiger partial charge < -0.3 is 15.0 Å². The quantitative estimate of drug-likeness (QED) is 0.727. The molecule has 0 amide bonds. The Hall–Kier alpha value is -0.610. The molecule has 20 heavy (non-hydrogen) atoms. The molecule has 2 unspecified atom stereocenters. The maximum Gasteiger partial charge on any atom is 0.326 e. The first-order chi connectivity index (χ1) is 9.73. The molecule has 0 radical (unpaired) electrons. The van der Waals surface area contributed by atoms with Crippen LogP contribution in [0.25, 0.3) is 0 Å². The van der Waals surface area contributed by atoms with Gasteiger partial charge in [0.25, 0.3) is 0 Å². The zero-order valence-electron chi connectivity index (χ0n) is 13.1. The maximum atomic E-state index is 12.5. The van der Waals surface area contributed by atoms with Crippen molar-refractivity contribution in [1.82, 2.24) is 10.2 Å². The van der Waals surface area contributed by atoms with Crippen LogP contribution >= 0.6 is 0 Å². The molecule has 1 aliphatic heterocycles. The molecule has 1 N–H and O–H groups in total. The van der Waals surface area contributed by atoms with Crippen LogP contribution in [0.5, 0.6) is 0 Å². The lowest BCUT2D eigenvalue weighted by Crippen LogP contribution is -2.56. The number of hydrogen-bond donors (Lipinski definition) is 1. The van der Waals surface area contributed by atoms with Crippen molar-refractivity contribution >= 4 is 5.97 Å². The van der Waals surface area contributed by atoms with Gasteiger partial charge in [0.05, 0.1) is 6.61 Å². The van der Waals surface area contributed by atoms with Crippen LogP contribution in [0.4, 0.5) is 0 Å². The lowest BCUT2D eigenvalue weighted by molar-refractivity contribution is -0.153. The number of nitrogens with one attached hydrogen (secondary N) is 1. The molecule has 4 heteroatoms. The molecule has 1 saturated heterocycles. The summed E-state index contributed by atoms with van der Waals surface area (Å²) in [4.78, 5) is 15.0. The van der Waals surface area contributed by atoms with E-state index in [0.29, 0.717) is 12.5 Å². The minimum atomic E-state index is -0.412. The first-order valence-electron chi connectivity index (χ1n) is 8.37. The first kappa shape index (κ1) is 15.8. The Bertz CT molecular complexity index is 316. The fourth-order valence-corrected chi connectivity index (χ4v) is 3.96. The second kappa shape index (κ2) is 7.41. The number of ether oxygens (including phenoxy) is 1. The van der Waals surface area contributed by atoms with Gasteiger partial charge in [0.15, 0.2) is 0 Å². The van der Waals surface area contributed by atoms with Gasteiger partial charge in [-0.25, -0.2) is 0 Å². The Morgan fingerprint density at radius 3 is 2.70 bits per heavy atom. The first-order valence-corrected chi connectivity index (χ1v) is 8.37. The fraction of sp³-hybridized carbons (Fsp3) is 0.938. The molecule has 0 aromatic carbocycles. The molecule has 2 fully saturated rings. The van der Waals surface area contributed by atoms with Gasteiger partial charge in [0.1, 0.15) is 5.54 Å². The standard InChI is InChI=1S/C16H30N2O2/c1-3-17-16(15(19)20-4-2)10-7-8-14(16)9-13-18-11-5-6-12-18/h14,17H,3-13H2,1-2H3. The summed E-state index contributed by atoms with van der Waals surface area (Å²) in [6.07, 6.45) is 7.01. The average molecular weight is 282 g/mol. The molecule has 2 aliphatic rings. The highest BCUT2D eigenvalue weighted by molar-refractivity contribution is 5.81. The van der Waals surface area contributed by atoms with E-state index in [1.807, 2.05) is 6.92 Å². The third-order valence-electron chi connectivity index (χ3n) is 4.95. The summed E-state index contributed by atoms with van der Waals surface area (Å²) >= 11 is 0. The van der Waals surface area contributed by atoms with E-state index in [0.717, 1.165) is 38.8 Å². The molecular weight excluding hydrogens is 252 g/mol. The number of nitrogens with zero attached hydrogens (tertiary/aromatic N) is 1. The van der Waals surface area contributed by atoms with Gasteiger partial charge in [0.2, 0.25) is 0 Å². The van der Waals surface area contributed by atoms with Gasteiger partial charge in [-0.15, -0.1) is 0 Å². The predicted octanol–water partition coefficient (Wildman–Crippen LogP) is 2.18. The lowest BCUT2D eigenvalue weighted by Gasteiger charge is -2.34. The third-order valence-corrected chi connectivity index (χ3v) is 4.95. The van der Waals surface area contributed by atoms with Gasteiger partial charge in [-0.05, 0) is 71.1 Å². The molecule has 0 spiro atoms. The zero-order chi connectivity index (χ0) is 14.4. The summed E-state index contributed by atoms with van der Waals surface area (Å²) in [6.45, 7) is 8.89. The molecule has 1 aliphatic carbocycles. The SMILES string of the molecule is CCNC1(C(=O)OCC)CCCC1CCN1CCCC1. The van der Waals surface area contributed by atoms with Crippen LogP contribution in [0.2, 0.25) is 0 Å². The smallest absolute Gasteiger partial charge is 0.326 e. The molecule has 0 aromatic heterocycles. The lowest BCUT2D eigenvalue weighted by atomic mass is 9.84. The van der Waals surface area contributed by atoms with Crippen LogP contribution in [0.3, 0.4) is 0 Å². The van der Waals surface area contributed by atoms with Crippen molar-refractivity contribution in [3.8, 4) is 0 Å². The van der Waals surface area contributed by atoms with E-state index in [1.165, 1.54) is 25.9 Å². The van der Waals surface area contributed by atoms with Crippen LogP contribution in [-0.4, -0.2) is 49.2 Å². The Kier molecular flexibility index (Phi) is 5.85. The van der Waals surface area contributed by atoms with Crippen molar-refractivity contribution < 1.29 is 9.53 Å². The van der Waals surface area contributed by atoms with Crippen LogP contribution in [0, 0.1) is 5.92 Å². The van der Waals surface area contributed by atoms with E-state index in [2.05, 4.69) is 17.1 Å². The molecule has 1 heterocycles. The van der Waals surface area contributed by atoms with E-state index >= 15 is 0 Å². The van der Waals surface area contributed by atoms with Crippen molar-refractivity contribution in [1.29, 1.82) is 0 Å². The van der Waals surface area contributed by atoms with Gasteiger partial charge in [-0.1, -0.05) is 13.3 Å². The van der Waals surface area contributed by atoms with Crippen LogP contribution in [0.1, 0.15) is 52.4 Å². The highest BCUT2D eigenvalue weighted by atomic mass is 16.5. The minimum Gasteiger partial charge on any atom is -0.465 e. The van der Waals surface area contributed by atoms with Gasteiger partial charge in [0, 0.05) is 0 Å². The van der Waals surface area contributed by atoms with Crippen molar-refractivity contribution in [2.45, 2.75) is 57.9 Å².